The van der Waals surface area contributed by atoms with Gasteiger partial charge in [-0.25, -0.2) is 0 Å². The zero-order valence-corrected chi connectivity index (χ0v) is 20.9. The SMILES string of the molecule is CC(=O)N1CCc2c(c(-n3c(C)cc4cc(-c5cnn(C)c5)c(C#N)cc43)nn2C2CCOCC2)C1. The van der Waals surface area contributed by atoms with E-state index < -0.39 is 0 Å². The Kier molecular flexibility index (Phi) is 5.41. The van der Waals surface area contributed by atoms with Crippen molar-refractivity contribution in [1.82, 2.24) is 29.0 Å². The maximum Gasteiger partial charge on any atom is 0.219 e. The van der Waals surface area contributed by atoms with Crippen LogP contribution in [0, 0.1) is 18.3 Å². The van der Waals surface area contributed by atoms with E-state index in [0.29, 0.717) is 24.7 Å². The number of aromatic nitrogens is 5. The van der Waals surface area contributed by atoms with Gasteiger partial charge in [0.15, 0.2) is 5.82 Å². The zero-order chi connectivity index (χ0) is 25.0. The number of benzene rings is 1. The minimum absolute atomic E-state index is 0.0763. The summed E-state index contributed by atoms with van der Waals surface area (Å²) in [7, 11) is 1.87. The van der Waals surface area contributed by atoms with Gasteiger partial charge in [0.2, 0.25) is 5.91 Å². The Morgan fingerprint density at radius 1 is 1.22 bits per heavy atom. The number of amides is 1. The number of hydrogen-bond acceptors (Lipinski definition) is 5. The lowest BCUT2D eigenvalue weighted by atomic mass is 10.0. The average Bonchev–Trinajstić information content (AvgIpc) is 3.57. The van der Waals surface area contributed by atoms with Crippen LogP contribution in [0.1, 0.15) is 48.3 Å². The predicted molar refractivity (Wildman–Crippen MR) is 135 cm³/mol. The Balaban J connectivity index is 1.54. The molecule has 36 heavy (non-hydrogen) atoms. The van der Waals surface area contributed by atoms with E-state index in [-0.39, 0.29) is 5.91 Å². The summed E-state index contributed by atoms with van der Waals surface area (Å²) in [4.78, 5) is 14.2. The van der Waals surface area contributed by atoms with Gasteiger partial charge in [-0.15, -0.1) is 0 Å². The number of fused-ring (bicyclic) bond motifs is 2. The minimum atomic E-state index is 0.0763. The van der Waals surface area contributed by atoms with Crippen molar-refractivity contribution in [2.45, 2.75) is 45.7 Å². The van der Waals surface area contributed by atoms with Gasteiger partial charge in [0.1, 0.15) is 0 Å². The van der Waals surface area contributed by atoms with Gasteiger partial charge in [0.05, 0.1) is 35.9 Å². The Hall–Kier alpha value is -3.90. The van der Waals surface area contributed by atoms with Crippen molar-refractivity contribution in [3.63, 3.8) is 0 Å². The van der Waals surface area contributed by atoms with Crippen LogP contribution in [0.15, 0.2) is 30.6 Å². The van der Waals surface area contributed by atoms with Gasteiger partial charge in [-0.1, -0.05) is 0 Å². The highest BCUT2D eigenvalue weighted by molar-refractivity contribution is 5.90. The number of hydrogen-bond donors (Lipinski definition) is 0. The Bertz CT molecular complexity index is 1530. The number of ether oxygens (including phenoxy) is 1. The summed E-state index contributed by atoms with van der Waals surface area (Å²) in [5.74, 6) is 0.931. The molecule has 0 saturated carbocycles. The number of aryl methyl sites for hydroxylation is 2. The Morgan fingerprint density at radius 3 is 2.72 bits per heavy atom. The second kappa shape index (κ2) is 8.64. The summed E-state index contributed by atoms with van der Waals surface area (Å²) in [5, 5.41) is 20.5. The van der Waals surface area contributed by atoms with E-state index in [4.69, 9.17) is 9.84 Å². The summed E-state index contributed by atoms with van der Waals surface area (Å²) in [5.41, 5.74) is 6.67. The van der Waals surface area contributed by atoms with Crippen molar-refractivity contribution in [2.24, 2.45) is 7.05 Å². The zero-order valence-electron chi connectivity index (χ0n) is 20.9. The number of nitriles is 1. The fourth-order valence-electron chi connectivity index (χ4n) is 5.68. The summed E-state index contributed by atoms with van der Waals surface area (Å²) >= 11 is 0. The third-order valence-corrected chi connectivity index (χ3v) is 7.52. The standard InChI is InChI=1S/C27H29N7O2/c1-17-10-19-11-23(21-14-29-31(3)15-21)20(13-28)12-26(19)33(17)27-24-16-32(18(2)35)7-4-25(24)34(30-27)22-5-8-36-9-6-22/h10-12,14-15,22H,4-9,16H2,1-3H3. The Morgan fingerprint density at radius 2 is 2.03 bits per heavy atom. The van der Waals surface area contributed by atoms with Crippen LogP contribution in [0.5, 0.6) is 0 Å². The number of carbonyl (C=O) groups excluding carboxylic acids is 1. The third kappa shape index (κ3) is 3.60. The second-order valence-corrected chi connectivity index (χ2v) is 9.82. The van der Waals surface area contributed by atoms with Crippen LogP contribution < -0.4 is 0 Å². The molecule has 1 saturated heterocycles. The van der Waals surface area contributed by atoms with E-state index in [9.17, 15) is 10.1 Å². The van der Waals surface area contributed by atoms with Crippen molar-refractivity contribution in [3.8, 4) is 23.0 Å². The molecule has 1 amide bonds. The van der Waals surface area contributed by atoms with Crippen molar-refractivity contribution >= 4 is 16.8 Å². The van der Waals surface area contributed by atoms with Gasteiger partial charge in [-0.2, -0.15) is 15.5 Å². The van der Waals surface area contributed by atoms with Gasteiger partial charge in [0, 0.05) is 79.8 Å². The van der Waals surface area contributed by atoms with Crippen LogP contribution in [0.4, 0.5) is 0 Å². The third-order valence-electron chi connectivity index (χ3n) is 7.52. The molecule has 3 aromatic heterocycles. The predicted octanol–water partition coefficient (Wildman–Crippen LogP) is 3.66. The molecule has 0 N–H and O–H groups in total. The molecule has 0 radical (unpaired) electrons. The lowest BCUT2D eigenvalue weighted by Crippen LogP contribution is -2.35. The molecule has 5 heterocycles. The largest absolute Gasteiger partial charge is 0.381 e. The van der Waals surface area contributed by atoms with Gasteiger partial charge in [0.25, 0.3) is 0 Å². The molecule has 0 bridgehead atoms. The van der Waals surface area contributed by atoms with E-state index in [2.05, 4.69) is 39.5 Å². The van der Waals surface area contributed by atoms with E-state index >= 15 is 0 Å². The monoisotopic (exact) mass is 483 g/mol. The number of rotatable bonds is 3. The molecular weight excluding hydrogens is 454 g/mol. The highest BCUT2D eigenvalue weighted by atomic mass is 16.5. The first kappa shape index (κ1) is 22.6. The highest BCUT2D eigenvalue weighted by Crippen LogP contribution is 2.36. The molecule has 0 aliphatic carbocycles. The average molecular weight is 484 g/mol. The smallest absolute Gasteiger partial charge is 0.219 e. The van der Waals surface area contributed by atoms with Gasteiger partial charge < -0.3 is 9.64 Å². The first-order chi connectivity index (χ1) is 17.4. The normalized spacial score (nSPS) is 16.3. The molecule has 0 atom stereocenters. The first-order valence-electron chi connectivity index (χ1n) is 12.4. The van der Waals surface area contributed by atoms with Crippen LogP contribution in [-0.4, -0.2) is 54.7 Å². The van der Waals surface area contributed by atoms with Crippen molar-refractivity contribution in [2.75, 3.05) is 19.8 Å². The van der Waals surface area contributed by atoms with E-state index in [1.54, 1.807) is 17.8 Å². The molecule has 4 aromatic rings. The number of carbonyl (C=O) groups is 1. The van der Waals surface area contributed by atoms with E-state index in [1.807, 2.05) is 24.2 Å². The van der Waals surface area contributed by atoms with Crippen LogP contribution in [0.25, 0.3) is 27.8 Å². The molecule has 9 heteroatoms. The fourth-order valence-corrected chi connectivity index (χ4v) is 5.68. The summed E-state index contributed by atoms with van der Waals surface area (Å²) in [6.07, 6.45) is 6.36. The Labute approximate surface area is 209 Å². The van der Waals surface area contributed by atoms with Crippen molar-refractivity contribution in [1.29, 1.82) is 5.26 Å². The van der Waals surface area contributed by atoms with Crippen LogP contribution >= 0.6 is 0 Å². The van der Waals surface area contributed by atoms with Crippen LogP contribution in [0.3, 0.4) is 0 Å². The molecular formula is C27H29N7O2. The van der Waals surface area contributed by atoms with Crippen LogP contribution in [0.2, 0.25) is 0 Å². The molecule has 9 nitrogen and oxygen atoms in total. The summed E-state index contributed by atoms with van der Waals surface area (Å²) < 4.78 is 11.7. The molecule has 1 fully saturated rings. The van der Waals surface area contributed by atoms with E-state index in [1.165, 1.54) is 5.69 Å². The molecule has 2 aliphatic rings. The molecule has 2 aliphatic heterocycles. The minimum Gasteiger partial charge on any atom is -0.381 e. The van der Waals surface area contributed by atoms with Gasteiger partial charge in [-0.3, -0.25) is 18.7 Å². The first-order valence-corrected chi connectivity index (χ1v) is 12.4. The number of nitrogens with zero attached hydrogens (tertiary/aromatic N) is 7. The highest BCUT2D eigenvalue weighted by Gasteiger charge is 2.31. The lowest BCUT2D eigenvalue weighted by molar-refractivity contribution is -0.129. The topological polar surface area (TPSA) is 93.9 Å². The molecule has 1 aromatic carbocycles. The molecule has 0 unspecified atom stereocenters. The lowest BCUT2D eigenvalue weighted by Gasteiger charge is -2.29. The molecule has 0 spiro atoms. The summed E-state index contributed by atoms with van der Waals surface area (Å²) in [6.45, 7) is 6.42. The second-order valence-electron chi connectivity index (χ2n) is 9.82. The van der Waals surface area contributed by atoms with Crippen LogP contribution in [-0.2, 0) is 29.5 Å². The molecule has 6 rings (SSSR count). The fraction of sp³-hybridized carbons (Fsp3) is 0.407. The van der Waals surface area contributed by atoms with Gasteiger partial charge in [-0.05, 0) is 38.0 Å². The summed E-state index contributed by atoms with van der Waals surface area (Å²) in [6, 6.07) is 8.84. The van der Waals surface area contributed by atoms with Crippen molar-refractivity contribution < 1.29 is 9.53 Å². The quantitative estimate of drug-likeness (QED) is 0.443. The van der Waals surface area contributed by atoms with Crippen molar-refractivity contribution in [3.05, 3.63) is 53.1 Å². The van der Waals surface area contributed by atoms with E-state index in [0.717, 1.165) is 71.6 Å². The maximum absolute atomic E-state index is 12.3. The van der Waals surface area contributed by atoms with Gasteiger partial charge >= 0.3 is 0 Å². The molecule has 184 valence electrons. The maximum atomic E-state index is 12.3.